The molecule has 0 aliphatic carbocycles. The largest absolute Gasteiger partial charge is 1.00 e. The van der Waals surface area contributed by atoms with E-state index in [1.807, 2.05) is 6.07 Å². The van der Waals surface area contributed by atoms with Gasteiger partial charge in [0.2, 0.25) is 12.5 Å². The molecule has 2 aromatic carbocycles. The Kier molecular flexibility index (Phi) is 8.04. The lowest BCUT2D eigenvalue weighted by Gasteiger charge is -2.18. The number of unbranched alkanes of at least 4 members (excludes halogenated alkanes) is 6. The molecular formula is C28H34ClNO4. The Labute approximate surface area is 208 Å². The summed E-state index contributed by atoms with van der Waals surface area (Å²) < 4.78 is 25.5. The molecule has 0 amide bonds. The summed E-state index contributed by atoms with van der Waals surface area (Å²) >= 11 is 0. The molecular weight excluding hydrogens is 450 g/mol. The van der Waals surface area contributed by atoms with E-state index in [1.54, 1.807) is 7.11 Å². The van der Waals surface area contributed by atoms with E-state index in [9.17, 15) is 0 Å². The van der Waals surface area contributed by atoms with Crippen LogP contribution in [0.3, 0.4) is 0 Å². The lowest BCUT2D eigenvalue weighted by atomic mass is 9.95. The number of pyridine rings is 1. The summed E-state index contributed by atoms with van der Waals surface area (Å²) in [4.78, 5) is 0. The highest BCUT2D eigenvalue weighted by Crippen LogP contribution is 2.41. The van der Waals surface area contributed by atoms with Crippen LogP contribution in [0.2, 0.25) is 0 Å². The summed E-state index contributed by atoms with van der Waals surface area (Å²) in [6, 6.07) is 10.7. The number of halogens is 1. The smallest absolute Gasteiger partial charge is 0.231 e. The number of hydrogen-bond donors (Lipinski definition) is 0. The molecule has 3 aromatic rings. The predicted octanol–water partition coefficient (Wildman–Crippen LogP) is 3.22. The van der Waals surface area contributed by atoms with Gasteiger partial charge in [0, 0.05) is 12.5 Å². The molecule has 182 valence electrons. The van der Waals surface area contributed by atoms with Crippen molar-refractivity contribution in [2.45, 2.75) is 64.8 Å². The average molecular weight is 484 g/mol. The van der Waals surface area contributed by atoms with Gasteiger partial charge in [0.25, 0.3) is 0 Å². The van der Waals surface area contributed by atoms with Gasteiger partial charge in [-0.05, 0) is 41.6 Å². The van der Waals surface area contributed by atoms with Gasteiger partial charge in [-0.25, -0.2) is 0 Å². The SMILES string of the molecule is CCCCCCCCCOc1c(OC)ccc2cc3[n+](cc12)CCc1cc2c(cc1-3)OCO2.[Cl-]. The number of benzene rings is 2. The molecule has 2 aliphatic heterocycles. The van der Waals surface area contributed by atoms with Gasteiger partial charge in [0.1, 0.15) is 0 Å². The minimum absolute atomic E-state index is 0. The van der Waals surface area contributed by atoms with Crippen molar-refractivity contribution >= 4 is 10.8 Å². The van der Waals surface area contributed by atoms with Crippen molar-refractivity contribution in [3.63, 3.8) is 0 Å². The average Bonchev–Trinajstić information content (AvgIpc) is 3.30. The molecule has 5 nitrogen and oxygen atoms in total. The van der Waals surface area contributed by atoms with Gasteiger partial charge in [-0.1, -0.05) is 45.4 Å². The molecule has 5 rings (SSSR count). The molecule has 0 saturated carbocycles. The van der Waals surface area contributed by atoms with E-state index < -0.39 is 0 Å². The van der Waals surface area contributed by atoms with Crippen LogP contribution in [0.15, 0.2) is 36.5 Å². The van der Waals surface area contributed by atoms with Gasteiger partial charge in [-0.2, -0.15) is 4.57 Å². The van der Waals surface area contributed by atoms with Crippen molar-refractivity contribution in [2.24, 2.45) is 0 Å². The maximum absolute atomic E-state index is 6.32. The summed E-state index contributed by atoms with van der Waals surface area (Å²) in [6.07, 6.45) is 12.1. The highest BCUT2D eigenvalue weighted by atomic mass is 35.5. The Morgan fingerprint density at radius 3 is 2.50 bits per heavy atom. The number of nitrogens with zero attached hydrogens (tertiary/aromatic N) is 1. The molecule has 1 aromatic heterocycles. The summed E-state index contributed by atoms with van der Waals surface area (Å²) in [7, 11) is 1.71. The van der Waals surface area contributed by atoms with Crippen molar-refractivity contribution in [3.8, 4) is 34.3 Å². The third-order valence-corrected chi connectivity index (χ3v) is 6.79. The lowest BCUT2D eigenvalue weighted by molar-refractivity contribution is -0.686. The van der Waals surface area contributed by atoms with E-state index in [0.29, 0.717) is 6.79 Å². The molecule has 0 bridgehead atoms. The van der Waals surface area contributed by atoms with E-state index in [4.69, 9.17) is 18.9 Å². The van der Waals surface area contributed by atoms with Crippen LogP contribution in [-0.4, -0.2) is 20.5 Å². The minimum atomic E-state index is 0. The van der Waals surface area contributed by atoms with Crippen molar-refractivity contribution < 1.29 is 35.9 Å². The van der Waals surface area contributed by atoms with Crippen LogP contribution in [-0.2, 0) is 13.0 Å². The van der Waals surface area contributed by atoms with Gasteiger partial charge in [0.15, 0.2) is 35.7 Å². The van der Waals surface area contributed by atoms with Gasteiger partial charge in [0.05, 0.1) is 24.7 Å². The van der Waals surface area contributed by atoms with E-state index in [1.165, 1.54) is 55.3 Å². The van der Waals surface area contributed by atoms with Crippen molar-refractivity contribution in [1.29, 1.82) is 0 Å². The molecule has 34 heavy (non-hydrogen) atoms. The first-order valence-corrected chi connectivity index (χ1v) is 12.4. The standard InChI is InChI=1S/C28H34NO4.ClH/c1-3-4-5-6-7-8-9-14-31-28-23-18-29-13-12-21-16-26-27(33-19-32-26)17-22(21)24(29)15-20(23)10-11-25(28)30-2;/h10-11,15-18H,3-9,12-14,19H2,1-2H3;1H/q+1;/p-1. The molecule has 3 heterocycles. The second-order valence-electron chi connectivity index (χ2n) is 9.03. The number of methoxy groups -OCH3 is 1. The van der Waals surface area contributed by atoms with Crippen LogP contribution in [0.25, 0.3) is 22.0 Å². The summed E-state index contributed by atoms with van der Waals surface area (Å²) in [5.74, 6) is 3.34. The second-order valence-corrected chi connectivity index (χ2v) is 9.03. The van der Waals surface area contributed by atoms with Crippen LogP contribution in [0.5, 0.6) is 23.0 Å². The molecule has 0 unspecified atom stereocenters. The Bertz CT molecular complexity index is 1150. The topological polar surface area (TPSA) is 40.8 Å². The number of aromatic nitrogens is 1. The van der Waals surface area contributed by atoms with Gasteiger partial charge >= 0.3 is 0 Å². The fraction of sp³-hybridized carbons (Fsp3) is 0.464. The highest BCUT2D eigenvalue weighted by molar-refractivity contribution is 5.91. The van der Waals surface area contributed by atoms with Crippen LogP contribution in [0.1, 0.15) is 57.4 Å². The van der Waals surface area contributed by atoms with Crippen LogP contribution < -0.4 is 35.9 Å². The zero-order chi connectivity index (χ0) is 22.6. The fourth-order valence-electron chi connectivity index (χ4n) is 4.94. The number of fused-ring (bicyclic) bond motifs is 5. The fourth-order valence-corrected chi connectivity index (χ4v) is 4.94. The maximum Gasteiger partial charge on any atom is 0.231 e. The Morgan fingerprint density at radius 1 is 0.941 bits per heavy atom. The van der Waals surface area contributed by atoms with Crippen molar-refractivity contribution in [1.82, 2.24) is 0 Å². The first-order chi connectivity index (χ1) is 16.3. The van der Waals surface area contributed by atoms with Crippen molar-refractivity contribution in [3.05, 3.63) is 42.1 Å². The van der Waals surface area contributed by atoms with Gasteiger partial charge in [-0.15, -0.1) is 0 Å². The van der Waals surface area contributed by atoms with E-state index in [-0.39, 0.29) is 12.4 Å². The number of rotatable bonds is 10. The quantitative estimate of drug-likeness (QED) is 0.328. The third-order valence-electron chi connectivity index (χ3n) is 6.79. The Morgan fingerprint density at radius 2 is 1.71 bits per heavy atom. The maximum atomic E-state index is 6.32. The van der Waals surface area contributed by atoms with Gasteiger partial charge in [-0.3, -0.25) is 0 Å². The first kappa shape index (κ1) is 24.5. The molecule has 2 aliphatic rings. The normalized spacial score (nSPS) is 13.2. The highest BCUT2D eigenvalue weighted by Gasteiger charge is 2.28. The molecule has 0 spiro atoms. The Balaban J connectivity index is 0.00000274. The predicted molar refractivity (Wildman–Crippen MR) is 129 cm³/mol. The molecule has 0 saturated heterocycles. The molecule has 0 atom stereocenters. The van der Waals surface area contributed by atoms with Crippen molar-refractivity contribution in [2.75, 3.05) is 20.5 Å². The summed E-state index contributed by atoms with van der Waals surface area (Å²) in [5.41, 5.74) is 3.72. The first-order valence-electron chi connectivity index (χ1n) is 12.4. The lowest BCUT2D eigenvalue weighted by Crippen LogP contribution is -3.00. The molecule has 6 heteroatoms. The second kappa shape index (κ2) is 11.2. The van der Waals surface area contributed by atoms with E-state index >= 15 is 0 Å². The number of aryl methyl sites for hydroxylation is 2. The molecule has 0 fully saturated rings. The monoisotopic (exact) mass is 483 g/mol. The Hall–Kier alpha value is -2.66. The van der Waals surface area contributed by atoms with E-state index in [2.05, 4.69) is 42.0 Å². The van der Waals surface area contributed by atoms with Crippen LogP contribution >= 0.6 is 0 Å². The third kappa shape index (κ3) is 4.90. The summed E-state index contributed by atoms with van der Waals surface area (Å²) in [5, 5.41) is 2.26. The molecule has 0 N–H and O–H groups in total. The van der Waals surface area contributed by atoms with Gasteiger partial charge < -0.3 is 31.4 Å². The number of hydrogen-bond acceptors (Lipinski definition) is 4. The molecule has 0 radical (unpaired) electrons. The number of ether oxygens (including phenoxy) is 4. The van der Waals surface area contributed by atoms with E-state index in [0.717, 1.165) is 59.8 Å². The van der Waals surface area contributed by atoms with Crippen LogP contribution in [0, 0.1) is 0 Å². The van der Waals surface area contributed by atoms with Crippen LogP contribution in [0.4, 0.5) is 0 Å². The zero-order valence-electron chi connectivity index (χ0n) is 20.2. The summed E-state index contributed by atoms with van der Waals surface area (Å²) in [6.45, 7) is 4.20. The minimum Gasteiger partial charge on any atom is -1.00 e. The zero-order valence-corrected chi connectivity index (χ0v) is 21.0.